The van der Waals surface area contributed by atoms with E-state index >= 15 is 0 Å². The third kappa shape index (κ3) is 6.73. The Kier molecular flexibility index (Phi) is 9.41. The van der Waals surface area contributed by atoms with E-state index in [4.69, 9.17) is 4.74 Å². The van der Waals surface area contributed by atoms with Gasteiger partial charge in [-0.1, -0.05) is 156 Å². The molecule has 10 rings (SSSR count). The maximum absolute atomic E-state index is 6.92. The second-order valence-electron chi connectivity index (χ2n) is 22.4. The van der Waals surface area contributed by atoms with Crippen LogP contribution in [0.3, 0.4) is 0 Å². The highest BCUT2D eigenvalue weighted by Crippen LogP contribution is 2.50. The lowest BCUT2D eigenvalue weighted by molar-refractivity contribution is 0.486. The van der Waals surface area contributed by atoms with Gasteiger partial charge < -0.3 is 19.1 Å². The van der Waals surface area contributed by atoms with Crippen molar-refractivity contribution in [3.05, 3.63) is 162 Å². The van der Waals surface area contributed by atoms with E-state index in [1.165, 1.54) is 66.1 Å². The SMILES string of the molecule is Cn1c2ccccc2c2c(N3c4ccc(C(C)(C)C)cc4B4c5cc(C(C)(C)C)ccc5Oc5cccc3c54)ccc(N(c3ccc(C(C)(C)C)cc3)c3ccc(C(C)(C)C)cc3)c21. The van der Waals surface area contributed by atoms with E-state index in [2.05, 4.69) is 244 Å². The fourth-order valence-electron chi connectivity index (χ4n) is 10.2. The van der Waals surface area contributed by atoms with Gasteiger partial charge in [-0.25, -0.2) is 0 Å². The summed E-state index contributed by atoms with van der Waals surface area (Å²) < 4.78 is 9.33. The Labute approximate surface area is 381 Å². The van der Waals surface area contributed by atoms with Crippen molar-refractivity contribution in [2.45, 2.75) is 105 Å². The second-order valence-corrected chi connectivity index (χ2v) is 22.4. The van der Waals surface area contributed by atoms with Crippen LogP contribution in [0.2, 0.25) is 0 Å². The standard InChI is InChI=1S/C59H62BN3O/c1-56(2,3)37-21-27-41(28-22-37)62(42-29-23-38(24-30-42)57(4,5)6)50-33-32-48(53-43-17-14-15-18-46(43)61(13)55(50)53)63-47-31-25-39(58(7,8)9)35-44(47)60-45-36-40(59(10,11)12)26-34-51(45)64-52-20-16-19-49(63)54(52)60/h14-36H,1-13H3. The van der Waals surface area contributed by atoms with Crippen LogP contribution in [0, 0.1) is 0 Å². The molecule has 2 aliphatic heterocycles. The predicted octanol–water partition coefficient (Wildman–Crippen LogP) is 14.4. The molecule has 3 heterocycles. The van der Waals surface area contributed by atoms with Crippen molar-refractivity contribution in [3.63, 3.8) is 0 Å². The summed E-state index contributed by atoms with van der Waals surface area (Å²) in [6.45, 7) is 27.6. The number of hydrogen-bond donors (Lipinski definition) is 0. The molecule has 64 heavy (non-hydrogen) atoms. The highest BCUT2D eigenvalue weighted by atomic mass is 16.5. The predicted molar refractivity (Wildman–Crippen MR) is 276 cm³/mol. The number of benzene rings is 7. The summed E-state index contributed by atoms with van der Waals surface area (Å²) in [4.78, 5) is 5.00. The van der Waals surface area contributed by atoms with Gasteiger partial charge in [-0.05, 0) is 127 Å². The maximum Gasteiger partial charge on any atom is 0.256 e. The minimum absolute atomic E-state index is 0.00945. The minimum atomic E-state index is -0.0366. The molecular weight excluding hydrogens is 777 g/mol. The Balaban J connectivity index is 1.26. The smallest absolute Gasteiger partial charge is 0.256 e. The van der Waals surface area contributed by atoms with Gasteiger partial charge in [0, 0.05) is 46.1 Å². The number of rotatable bonds is 4. The normalized spacial score (nSPS) is 13.8. The zero-order chi connectivity index (χ0) is 45.2. The Morgan fingerprint density at radius 1 is 0.469 bits per heavy atom. The summed E-state index contributed by atoms with van der Waals surface area (Å²) >= 11 is 0. The van der Waals surface area contributed by atoms with Crippen LogP contribution in [0.25, 0.3) is 21.8 Å². The first-order valence-corrected chi connectivity index (χ1v) is 23.1. The zero-order valence-electron chi connectivity index (χ0n) is 40.1. The third-order valence-corrected chi connectivity index (χ3v) is 13.9. The first-order chi connectivity index (χ1) is 30.2. The molecule has 8 aromatic rings. The summed E-state index contributed by atoms with van der Waals surface area (Å²) in [5.74, 6) is 1.86. The van der Waals surface area contributed by atoms with Gasteiger partial charge in [0.15, 0.2) is 0 Å². The van der Waals surface area contributed by atoms with Crippen LogP contribution < -0.4 is 30.9 Å². The minimum Gasteiger partial charge on any atom is -0.458 e. The van der Waals surface area contributed by atoms with Gasteiger partial charge in [-0.2, -0.15) is 0 Å². The van der Waals surface area contributed by atoms with Gasteiger partial charge in [0.25, 0.3) is 6.71 Å². The number of aryl methyl sites for hydroxylation is 1. The van der Waals surface area contributed by atoms with E-state index < -0.39 is 0 Å². The van der Waals surface area contributed by atoms with Crippen LogP contribution in [0.4, 0.5) is 34.1 Å². The molecule has 0 fully saturated rings. The molecule has 4 nitrogen and oxygen atoms in total. The van der Waals surface area contributed by atoms with Crippen molar-refractivity contribution >= 4 is 79.0 Å². The largest absolute Gasteiger partial charge is 0.458 e. The molecule has 0 saturated carbocycles. The Morgan fingerprint density at radius 3 is 1.59 bits per heavy atom. The van der Waals surface area contributed by atoms with E-state index in [0.717, 1.165) is 39.9 Å². The Hall–Kier alpha value is -6.20. The zero-order valence-corrected chi connectivity index (χ0v) is 40.1. The van der Waals surface area contributed by atoms with Gasteiger partial charge in [0.1, 0.15) is 11.5 Å². The fourth-order valence-corrected chi connectivity index (χ4v) is 10.2. The number of anilines is 6. The summed E-state index contributed by atoms with van der Waals surface area (Å²) in [6.07, 6.45) is 0. The molecule has 0 radical (unpaired) electrons. The van der Waals surface area contributed by atoms with E-state index in [-0.39, 0.29) is 28.4 Å². The number of para-hydroxylation sites is 1. The average molecular weight is 840 g/mol. The van der Waals surface area contributed by atoms with Crippen molar-refractivity contribution in [2.24, 2.45) is 7.05 Å². The average Bonchev–Trinajstić information content (AvgIpc) is 3.55. The molecule has 0 atom stereocenters. The van der Waals surface area contributed by atoms with E-state index in [0.29, 0.717) is 0 Å². The van der Waals surface area contributed by atoms with E-state index in [9.17, 15) is 0 Å². The van der Waals surface area contributed by atoms with Crippen LogP contribution in [0.1, 0.15) is 105 Å². The Morgan fingerprint density at radius 2 is 1.00 bits per heavy atom. The van der Waals surface area contributed by atoms with Crippen LogP contribution in [-0.2, 0) is 28.7 Å². The van der Waals surface area contributed by atoms with Crippen molar-refractivity contribution in [1.29, 1.82) is 0 Å². The lowest BCUT2D eigenvalue weighted by atomic mass is 9.34. The molecule has 0 unspecified atom stereocenters. The van der Waals surface area contributed by atoms with Crippen LogP contribution in [-0.4, -0.2) is 11.3 Å². The van der Waals surface area contributed by atoms with Crippen LogP contribution >= 0.6 is 0 Å². The molecule has 5 heteroatoms. The molecule has 1 aromatic heterocycles. The summed E-state index contributed by atoms with van der Waals surface area (Å²) in [7, 11) is 2.24. The van der Waals surface area contributed by atoms with Gasteiger partial charge >= 0.3 is 0 Å². The molecule has 0 aliphatic carbocycles. The number of nitrogens with zero attached hydrogens (tertiary/aromatic N) is 3. The number of aromatic nitrogens is 1. The topological polar surface area (TPSA) is 20.6 Å². The highest BCUT2D eigenvalue weighted by Gasteiger charge is 2.43. The van der Waals surface area contributed by atoms with Gasteiger partial charge in [0.2, 0.25) is 0 Å². The van der Waals surface area contributed by atoms with Crippen molar-refractivity contribution in [1.82, 2.24) is 4.57 Å². The van der Waals surface area contributed by atoms with Gasteiger partial charge in [-0.15, -0.1) is 0 Å². The summed E-state index contributed by atoms with van der Waals surface area (Å²) in [6, 6.07) is 52.8. The highest BCUT2D eigenvalue weighted by molar-refractivity contribution is 6.99. The first kappa shape index (κ1) is 41.8. The molecule has 0 bridgehead atoms. The van der Waals surface area contributed by atoms with E-state index in [1.807, 2.05) is 0 Å². The lowest BCUT2D eigenvalue weighted by Gasteiger charge is -2.41. The van der Waals surface area contributed by atoms with Gasteiger partial charge in [-0.3, -0.25) is 0 Å². The Bertz CT molecular complexity index is 3070. The maximum atomic E-state index is 6.92. The quantitative estimate of drug-likeness (QED) is 0.165. The van der Waals surface area contributed by atoms with Crippen molar-refractivity contribution in [2.75, 3.05) is 9.80 Å². The molecule has 7 aromatic carbocycles. The third-order valence-electron chi connectivity index (χ3n) is 13.9. The summed E-state index contributed by atoms with van der Waals surface area (Å²) in [5, 5.41) is 2.44. The number of fused-ring (bicyclic) bond motifs is 7. The molecule has 0 N–H and O–H groups in total. The molecule has 322 valence electrons. The van der Waals surface area contributed by atoms with Gasteiger partial charge in [0.05, 0.1) is 16.9 Å². The second kappa shape index (κ2) is 14.4. The van der Waals surface area contributed by atoms with Crippen LogP contribution in [0.5, 0.6) is 11.5 Å². The molecular formula is C59H62BN3O. The van der Waals surface area contributed by atoms with Crippen LogP contribution in [0.15, 0.2) is 140 Å². The first-order valence-electron chi connectivity index (χ1n) is 23.1. The summed E-state index contributed by atoms with van der Waals surface area (Å²) in [5.41, 5.74) is 18.3. The lowest BCUT2D eigenvalue weighted by Crippen LogP contribution is -2.59. The molecule has 2 aliphatic rings. The monoisotopic (exact) mass is 839 g/mol. The molecule has 0 spiro atoms. The van der Waals surface area contributed by atoms with Crippen molar-refractivity contribution in [3.8, 4) is 11.5 Å². The molecule has 0 amide bonds. The fraction of sp³-hybridized carbons (Fsp3) is 0.288. The molecule has 0 saturated heterocycles. The number of ether oxygens (including phenoxy) is 1. The van der Waals surface area contributed by atoms with Crippen molar-refractivity contribution < 1.29 is 4.74 Å². The van der Waals surface area contributed by atoms with E-state index in [1.54, 1.807) is 0 Å². The number of hydrogen-bond acceptors (Lipinski definition) is 3.